The summed E-state index contributed by atoms with van der Waals surface area (Å²) in [5.41, 5.74) is 5.98. The second-order valence-electron chi connectivity index (χ2n) is 7.23. The third-order valence-electron chi connectivity index (χ3n) is 5.45. The number of aryl methyl sites for hydroxylation is 1. The zero-order valence-electron chi connectivity index (χ0n) is 16.3. The Morgan fingerprint density at radius 2 is 1.75 bits per heavy atom. The van der Waals surface area contributed by atoms with Crippen LogP contribution in [0.3, 0.4) is 0 Å². The third-order valence-corrected chi connectivity index (χ3v) is 9.46. The molecule has 0 fully saturated rings. The molecule has 1 radical (unpaired) electrons. The van der Waals surface area contributed by atoms with Gasteiger partial charge in [-0.1, -0.05) is 49.5 Å². The maximum absolute atomic E-state index is 3.82. The Morgan fingerprint density at radius 3 is 2.46 bits per heavy atom. The van der Waals surface area contributed by atoms with Gasteiger partial charge in [-0.15, -0.1) is 51.9 Å². The first-order valence-electron chi connectivity index (χ1n) is 8.79. The van der Waals surface area contributed by atoms with Crippen molar-refractivity contribution >= 4 is 79.6 Å². The Bertz CT molecular complexity index is 1100. The van der Waals surface area contributed by atoms with Crippen LogP contribution in [0.4, 0.5) is 0 Å². The van der Waals surface area contributed by atoms with Crippen LogP contribution in [0, 0.1) is 6.92 Å². The number of thiophene rings is 1. The molecule has 28 heavy (non-hydrogen) atoms. The smallest absolute Gasteiger partial charge is 0.0592 e. The first kappa shape index (κ1) is 24.4. The maximum atomic E-state index is 3.82. The van der Waals surface area contributed by atoms with E-state index in [4.69, 9.17) is 0 Å². The molecule has 2 atom stereocenters. The van der Waals surface area contributed by atoms with Gasteiger partial charge in [-0.2, -0.15) is 16.6 Å². The largest absolute Gasteiger partial charge is 0.240 e. The summed E-state index contributed by atoms with van der Waals surface area (Å²) in [6.45, 7) is 9.47. The van der Waals surface area contributed by atoms with Crippen molar-refractivity contribution in [3.63, 3.8) is 0 Å². The number of rotatable bonds is 2. The van der Waals surface area contributed by atoms with Crippen LogP contribution in [0.1, 0.15) is 28.8 Å². The number of thioether (sulfide) groups is 1. The monoisotopic (exact) mass is 538 g/mol. The van der Waals surface area contributed by atoms with E-state index < -0.39 is 8.80 Å². The second kappa shape index (κ2) is 9.12. The summed E-state index contributed by atoms with van der Waals surface area (Å²) in [7, 11) is -0.485. The van der Waals surface area contributed by atoms with E-state index in [1.165, 1.54) is 25.4 Å². The van der Waals surface area contributed by atoms with Crippen LogP contribution in [0.2, 0.25) is 13.1 Å². The predicted molar refractivity (Wildman–Crippen MR) is 129 cm³/mol. The minimum atomic E-state index is -0.485. The van der Waals surface area contributed by atoms with Crippen LogP contribution >= 0.6 is 47.9 Å². The predicted octanol–water partition coefficient (Wildman–Crippen LogP) is 4.88. The first-order valence-corrected chi connectivity index (χ1v) is 13.0. The number of hydrogen-bond acceptors (Lipinski definition) is 2. The fraction of sp³-hybridized carbons (Fsp3) is 0.273. The number of fused-ring (bicyclic) bond motifs is 3. The average Bonchev–Trinajstić information content (AvgIpc) is 3.26. The number of halogens is 2. The summed E-state index contributed by atoms with van der Waals surface area (Å²) in [5.74, 6) is 0.411. The van der Waals surface area contributed by atoms with E-state index in [1.807, 2.05) is 23.1 Å². The molecule has 2 aromatic rings. The van der Waals surface area contributed by atoms with Gasteiger partial charge in [0.1, 0.15) is 0 Å². The van der Waals surface area contributed by atoms with Crippen molar-refractivity contribution < 1.29 is 26.2 Å². The second-order valence-corrected chi connectivity index (χ2v) is 12.3. The van der Waals surface area contributed by atoms with Crippen molar-refractivity contribution in [2.45, 2.75) is 38.1 Å². The van der Waals surface area contributed by atoms with E-state index in [0.29, 0.717) is 11.2 Å². The molecule has 145 valence electrons. The Kier molecular flexibility index (Phi) is 7.96. The van der Waals surface area contributed by atoms with Gasteiger partial charge in [0.05, 0.1) is 8.80 Å². The molecule has 6 heteroatoms. The number of benzene rings is 1. The summed E-state index contributed by atoms with van der Waals surface area (Å²) >= 11 is 3.97. The van der Waals surface area contributed by atoms with Crippen molar-refractivity contribution in [2.75, 3.05) is 0 Å². The summed E-state index contributed by atoms with van der Waals surface area (Å²) in [6.07, 6.45) is 8.52. The van der Waals surface area contributed by atoms with Gasteiger partial charge in [-0.05, 0) is 45.6 Å². The topological polar surface area (TPSA) is 0 Å². The van der Waals surface area contributed by atoms with E-state index in [2.05, 4.69) is 69.4 Å². The Hall–Kier alpha value is 0.170. The van der Waals surface area contributed by atoms with E-state index in [-0.39, 0.29) is 51.0 Å². The van der Waals surface area contributed by atoms with Gasteiger partial charge in [0.25, 0.3) is 0 Å². The van der Waals surface area contributed by atoms with Gasteiger partial charge in [0, 0.05) is 32.1 Å². The summed E-state index contributed by atoms with van der Waals surface area (Å²) in [6, 6.07) is 8.86. The third kappa shape index (κ3) is 3.57. The zero-order valence-corrected chi connectivity index (χ0v) is 23.0. The molecule has 1 aliphatic heterocycles. The molecule has 2 unspecified atom stereocenters. The van der Waals surface area contributed by atoms with Crippen LogP contribution < -0.4 is 14.9 Å². The molecule has 1 aromatic carbocycles. The van der Waals surface area contributed by atoms with Crippen molar-refractivity contribution in [1.29, 1.82) is 0 Å². The standard InChI is InChI=1S/C22H20S2Si.2ClH.Zr/c1-12-19(16-10-9-14-7-5-6-8-15(14)16)20-17(23-12)11-18-21(20)22(25(3)4)13(2)24-18;;;/h5-10,16-17H,1-4H3;2*1H;/q-1;;;. The van der Waals surface area contributed by atoms with Gasteiger partial charge in [0.2, 0.25) is 0 Å². The Morgan fingerprint density at radius 1 is 1.04 bits per heavy atom. The molecule has 0 nitrogen and oxygen atoms in total. The fourth-order valence-electron chi connectivity index (χ4n) is 4.51. The molecule has 2 aliphatic carbocycles. The van der Waals surface area contributed by atoms with Crippen LogP contribution in [0.25, 0.3) is 17.7 Å². The van der Waals surface area contributed by atoms with E-state index in [1.54, 1.807) is 21.6 Å². The van der Waals surface area contributed by atoms with E-state index >= 15 is 0 Å². The molecule has 0 N–H and O–H groups in total. The number of allylic oxidation sites excluding steroid dienone is 3. The van der Waals surface area contributed by atoms with Gasteiger partial charge in [0.15, 0.2) is 0 Å². The molecular formula is C22H22Cl2S2SiZr-. The summed E-state index contributed by atoms with van der Waals surface area (Å²) in [4.78, 5) is 3.00. The van der Waals surface area contributed by atoms with E-state index in [9.17, 15) is 0 Å². The van der Waals surface area contributed by atoms with Gasteiger partial charge in [-0.3, -0.25) is 0 Å². The van der Waals surface area contributed by atoms with Crippen LogP contribution in [0.15, 0.2) is 40.8 Å². The Labute approximate surface area is 208 Å². The van der Waals surface area contributed by atoms with Crippen LogP contribution in [-0.4, -0.2) is 14.0 Å². The molecular weight excluding hydrogens is 519 g/mol. The van der Waals surface area contributed by atoms with Crippen LogP contribution in [-0.2, 0) is 26.2 Å². The molecule has 5 rings (SSSR count). The molecule has 0 saturated heterocycles. The molecule has 0 spiro atoms. The van der Waals surface area contributed by atoms with Crippen molar-refractivity contribution in [2.24, 2.45) is 0 Å². The SMILES string of the molecule is CC1=C(C2C=Cc3ccccc32)C2=c3c([Si](C)C)c(C)sc3=[C-]C2S1.Cl.Cl.[Zr]. The Balaban J connectivity index is 0.000000934. The van der Waals surface area contributed by atoms with Crippen LogP contribution in [0.5, 0.6) is 0 Å². The molecule has 0 bridgehead atoms. The van der Waals surface area contributed by atoms with Crippen molar-refractivity contribution in [1.82, 2.24) is 0 Å². The minimum absolute atomic E-state index is 0. The van der Waals surface area contributed by atoms with Gasteiger partial charge >= 0.3 is 0 Å². The molecule has 0 amide bonds. The quantitative estimate of drug-likeness (QED) is 0.387. The molecule has 2 heterocycles. The maximum Gasteiger partial charge on any atom is 0.0592 e. The fourth-order valence-corrected chi connectivity index (χ4v) is 9.16. The normalized spacial score (nSPS) is 20.8. The number of hydrogen-bond donors (Lipinski definition) is 0. The zero-order chi connectivity index (χ0) is 17.3. The minimum Gasteiger partial charge on any atom is -0.240 e. The molecule has 3 aliphatic rings. The molecule has 0 saturated carbocycles. The summed E-state index contributed by atoms with van der Waals surface area (Å²) < 4.78 is 1.41. The van der Waals surface area contributed by atoms with Crippen molar-refractivity contribution in [3.05, 3.63) is 66.6 Å². The van der Waals surface area contributed by atoms with Crippen molar-refractivity contribution in [3.8, 4) is 0 Å². The van der Waals surface area contributed by atoms with Gasteiger partial charge in [-0.25, -0.2) is 6.08 Å². The first-order chi connectivity index (χ1) is 12.1. The van der Waals surface area contributed by atoms with Gasteiger partial charge < -0.3 is 0 Å². The summed E-state index contributed by atoms with van der Waals surface area (Å²) in [5, 5.41) is 3.62. The molecule has 1 aromatic heterocycles. The average molecular weight is 541 g/mol. The van der Waals surface area contributed by atoms with E-state index in [0.717, 1.165) is 0 Å².